The Labute approximate surface area is 146 Å². The Morgan fingerprint density at radius 3 is 2.40 bits per heavy atom. The van der Waals surface area contributed by atoms with Gasteiger partial charge in [0, 0.05) is 25.4 Å². The van der Waals surface area contributed by atoms with Gasteiger partial charge in [-0.3, -0.25) is 9.59 Å². The maximum Gasteiger partial charge on any atom is 0.256 e. The van der Waals surface area contributed by atoms with E-state index in [9.17, 15) is 9.59 Å². The number of aromatic nitrogens is 1. The summed E-state index contributed by atoms with van der Waals surface area (Å²) in [6, 6.07) is 3.26. The van der Waals surface area contributed by atoms with E-state index < -0.39 is 0 Å². The fourth-order valence-corrected chi connectivity index (χ4v) is 2.68. The van der Waals surface area contributed by atoms with Crippen LogP contribution in [0.1, 0.15) is 24.2 Å². The van der Waals surface area contributed by atoms with Crippen LogP contribution in [0.15, 0.2) is 23.1 Å². The number of fused-ring (bicyclic) bond motifs is 1. The van der Waals surface area contributed by atoms with E-state index in [1.54, 1.807) is 12.1 Å². The number of carbonyl (C=O) groups is 1. The van der Waals surface area contributed by atoms with Crippen molar-refractivity contribution in [2.45, 2.75) is 13.8 Å². The molecule has 0 bridgehead atoms. The van der Waals surface area contributed by atoms with Crippen molar-refractivity contribution in [3.63, 3.8) is 0 Å². The number of amides is 1. The van der Waals surface area contributed by atoms with Gasteiger partial charge in [-0.15, -0.1) is 0 Å². The molecule has 1 amide bonds. The van der Waals surface area contributed by atoms with Gasteiger partial charge in [-0.05, 0) is 19.2 Å². The zero-order valence-electron chi connectivity index (χ0n) is 15.1. The Kier molecular flexibility index (Phi) is 6.41. The second kappa shape index (κ2) is 8.53. The average Bonchev–Trinajstić information content (AvgIpc) is 2.64. The van der Waals surface area contributed by atoms with Crippen molar-refractivity contribution in [1.29, 1.82) is 0 Å². The first-order valence-electron chi connectivity index (χ1n) is 8.33. The van der Waals surface area contributed by atoms with Crippen LogP contribution in [0, 0.1) is 0 Å². The van der Waals surface area contributed by atoms with E-state index in [4.69, 9.17) is 9.47 Å². The van der Waals surface area contributed by atoms with Crippen molar-refractivity contribution >= 4 is 16.8 Å². The molecule has 2 rings (SSSR count). The van der Waals surface area contributed by atoms with Gasteiger partial charge in [0.2, 0.25) is 5.43 Å². The molecule has 7 heteroatoms. The lowest BCUT2D eigenvalue weighted by atomic mass is 10.1. The molecule has 0 spiro atoms. The first-order valence-corrected chi connectivity index (χ1v) is 8.33. The van der Waals surface area contributed by atoms with Crippen LogP contribution in [0.25, 0.3) is 10.9 Å². The minimum absolute atomic E-state index is 0.0827. The summed E-state index contributed by atoms with van der Waals surface area (Å²) in [6.45, 7) is 7.22. The second-order valence-corrected chi connectivity index (χ2v) is 5.57. The lowest BCUT2D eigenvalue weighted by molar-refractivity contribution is 0.0947. The van der Waals surface area contributed by atoms with E-state index in [1.807, 2.05) is 0 Å². The van der Waals surface area contributed by atoms with Gasteiger partial charge in [0.1, 0.15) is 5.56 Å². The molecule has 7 nitrogen and oxygen atoms in total. The van der Waals surface area contributed by atoms with Gasteiger partial charge in [-0.1, -0.05) is 13.8 Å². The van der Waals surface area contributed by atoms with Gasteiger partial charge in [0.15, 0.2) is 11.5 Å². The highest BCUT2D eigenvalue weighted by atomic mass is 16.5. The summed E-state index contributed by atoms with van der Waals surface area (Å²) < 4.78 is 10.5. The summed E-state index contributed by atoms with van der Waals surface area (Å²) >= 11 is 0. The predicted octanol–water partition coefficient (Wildman–Crippen LogP) is 1.62. The number of rotatable bonds is 8. The van der Waals surface area contributed by atoms with E-state index in [1.165, 1.54) is 20.4 Å². The molecular weight excluding hydrogens is 322 g/mol. The van der Waals surface area contributed by atoms with Crippen molar-refractivity contribution in [2.24, 2.45) is 0 Å². The van der Waals surface area contributed by atoms with Crippen LogP contribution in [0.5, 0.6) is 11.5 Å². The Balaban J connectivity index is 2.25. The third-order valence-electron chi connectivity index (χ3n) is 4.24. The van der Waals surface area contributed by atoms with Crippen LogP contribution in [-0.4, -0.2) is 56.2 Å². The van der Waals surface area contributed by atoms with Crippen molar-refractivity contribution in [3.05, 3.63) is 34.1 Å². The number of likely N-dealkylation sites (N-methyl/N-ethyl adjacent to an activating group) is 1. The number of methoxy groups -OCH3 is 2. The van der Waals surface area contributed by atoms with Gasteiger partial charge in [0.05, 0.1) is 25.1 Å². The monoisotopic (exact) mass is 347 g/mol. The van der Waals surface area contributed by atoms with Crippen molar-refractivity contribution in [2.75, 3.05) is 40.4 Å². The summed E-state index contributed by atoms with van der Waals surface area (Å²) in [5, 5.41) is 3.18. The molecule has 0 fully saturated rings. The Morgan fingerprint density at radius 2 is 1.80 bits per heavy atom. The molecule has 136 valence electrons. The number of carbonyl (C=O) groups excluding carboxylic acids is 1. The predicted molar refractivity (Wildman–Crippen MR) is 97.8 cm³/mol. The number of hydrogen-bond acceptors (Lipinski definition) is 5. The van der Waals surface area contributed by atoms with Crippen LogP contribution in [0.2, 0.25) is 0 Å². The van der Waals surface area contributed by atoms with Crippen LogP contribution in [0.4, 0.5) is 0 Å². The minimum atomic E-state index is -0.384. The van der Waals surface area contributed by atoms with Gasteiger partial charge in [0.25, 0.3) is 5.91 Å². The van der Waals surface area contributed by atoms with Crippen LogP contribution >= 0.6 is 0 Å². The molecule has 0 aliphatic rings. The molecule has 1 aromatic heterocycles. The molecule has 0 aliphatic carbocycles. The number of benzene rings is 1. The van der Waals surface area contributed by atoms with E-state index in [2.05, 4.69) is 29.0 Å². The summed E-state index contributed by atoms with van der Waals surface area (Å²) in [6.07, 6.45) is 1.43. The van der Waals surface area contributed by atoms with E-state index in [-0.39, 0.29) is 16.9 Å². The third-order valence-corrected chi connectivity index (χ3v) is 4.24. The molecule has 0 saturated heterocycles. The summed E-state index contributed by atoms with van der Waals surface area (Å²) in [4.78, 5) is 30.2. The van der Waals surface area contributed by atoms with E-state index in [0.717, 1.165) is 19.6 Å². The zero-order chi connectivity index (χ0) is 18.4. The fourth-order valence-electron chi connectivity index (χ4n) is 2.68. The van der Waals surface area contributed by atoms with Crippen molar-refractivity contribution < 1.29 is 14.3 Å². The van der Waals surface area contributed by atoms with Crippen LogP contribution in [0.3, 0.4) is 0 Å². The standard InChI is InChI=1S/C18H25N3O4/c1-5-21(6-2)8-7-19-18(23)13-11-20-14-10-16(25-4)15(24-3)9-12(14)17(13)22/h9-11H,5-8H2,1-4H3,(H,19,23)(H,20,22). The number of aromatic amines is 1. The Hall–Kier alpha value is -2.54. The SMILES string of the molecule is CCN(CC)CCNC(=O)c1c[nH]c2cc(OC)c(OC)cc2c1=O. The van der Waals surface area contributed by atoms with Crippen LogP contribution in [-0.2, 0) is 0 Å². The quantitative estimate of drug-likeness (QED) is 0.758. The minimum Gasteiger partial charge on any atom is -0.493 e. The fraction of sp³-hybridized carbons (Fsp3) is 0.444. The van der Waals surface area contributed by atoms with Gasteiger partial charge in [-0.2, -0.15) is 0 Å². The molecular formula is C18H25N3O4. The maximum absolute atomic E-state index is 12.7. The highest BCUT2D eigenvalue weighted by Crippen LogP contribution is 2.30. The van der Waals surface area contributed by atoms with Gasteiger partial charge < -0.3 is 24.7 Å². The number of H-pyrrole nitrogens is 1. The van der Waals surface area contributed by atoms with Gasteiger partial charge in [-0.25, -0.2) is 0 Å². The van der Waals surface area contributed by atoms with E-state index in [0.29, 0.717) is 28.9 Å². The molecule has 25 heavy (non-hydrogen) atoms. The number of pyridine rings is 1. The van der Waals surface area contributed by atoms with Crippen LogP contribution < -0.4 is 20.2 Å². The van der Waals surface area contributed by atoms with Crippen molar-refractivity contribution in [1.82, 2.24) is 15.2 Å². The molecule has 0 aliphatic heterocycles. The Morgan fingerprint density at radius 1 is 1.16 bits per heavy atom. The lowest BCUT2D eigenvalue weighted by Crippen LogP contribution is -2.36. The number of ether oxygens (including phenoxy) is 2. The van der Waals surface area contributed by atoms with Gasteiger partial charge >= 0.3 is 0 Å². The first kappa shape index (κ1) is 18.8. The normalized spacial score (nSPS) is 10.9. The number of nitrogens with zero attached hydrogens (tertiary/aromatic N) is 1. The lowest BCUT2D eigenvalue weighted by Gasteiger charge is -2.17. The molecule has 0 saturated carbocycles. The molecule has 2 N–H and O–H groups in total. The molecule has 1 aromatic carbocycles. The summed E-state index contributed by atoms with van der Waals surface area (Å²) in [5.74, 6) is 0.576. The third kappa shape index (κ3) is 4.11. The summed E-state index contributed by atoms with van der Waals surface area (Å²) in [7, 11) is 3.03. The van der Waals surface area contributed by atoms with E-state index >= 15 is 0 Å². The van der Waals surface area contributed by atoms with Crippen molar-refractivity contribution in [3.8, 4) is 11.5 Å². The zero-order valence-corrected chi connectivity index (χ0v) is 15.1. The average molecular weight is 347 g/mol. The second-order valence-electron chi connectivity index (χ2n) is 5.57. The first-order chi connectivity index (χ1) is 12.0. The molecule has 0 atom stereocenters. The highest BCUT2D eigenvalue weighted by Gasteiger charge is 2.15. The molecule has 0 unspecified atom stereocenters. The number of nitrogens with one attached hydrogen (secondary N) is 2. The summed E-state index contributed by atoms with van der Waals surface area (Å²) in [5.41, 5.74) is 0.330. The topological polar surface area (TPSA) is 83.7 Å². The molecule has 2 aromatic rings. The maximum atomic E-state index is 12.7. The Bertz CT molecular complexity index is 797. The molecule has 1 heterocycles. The molecule has 0 radical (unpaired) electrons. The largest absolute Gasteiger partial charge is 0.493 e. The number of hydrogen-bond donors (Lipinski definition) is 2. The smallest absolute Gasteiger partial charge is 0.256 e. The highest BCUT2D eigenvalue weighted by molar-refractivity contribution is 5.97.